The summed E-state index contributed by atoms with van der Waals surface area (Å²) in [7, 11) is 6.93. The van der Waals surface area contributed by atoms with E-state index in [0.717, 1.165) is 24.7 Å². The Kier molecular flexibility index (Phi) is 8.68. The van der Waals surface area contributed by atoms with Gasteiger partial charge in [-0.15, -0.1) is 0 Å². The second-order valence-electron chi connectivity index (χ2n) is 5.93. The van der Waals surface area contributed by atoms with Crippen LogP contribution in [-0.4, -0.2) is 58.1 Å². The zero-order valence-electron chi connectivity index (χ0n) is 15.4. The highest BCUT2D eigenvalue weighted by atomic mass is 16.5. The third kappa shape index (κ3) is 6.89. The average Bonchev–Trinajstić information content (AvgIpc) is 2.59. The van der Waals surface area contributed by atoms with Gasteiger partial charge < -0.3 is 20.3 Å². The zero-order chi connectivity index (χ0) is 17.9. The molecule has 0 heterocycles. The van der Waals surface area contributed by atoms with Crippen molar-refractivity contribution in [1.82, 2.24) is 15.5 Å². The number of carbonyl (C=O) groups is 1. The van der Waals surface area contributed by atoms with Crippen LogP contribution in [0.15, 0.2) is 29.3 Å². The summed E-state index contributed by atoms with van der Waals surface area (Å²) in [5, 5.41) is 6.44. The van der Waals surface area contributed by atoms with E-state index in [9.17, 15) is 4.79 Å². The first-order valence-corrected chi connectivity index (χ1v) is 8.26. The summed E-state index contributed by atoms with van der Waals surface area (Å²) in [6.07, 6.45) is 1.44. The number of ether oxygens (including phenoxy) is 1. The predicted molar refractivity (Wildman–Crippen MR) is 98.7 cm³/mol. The van der Waals surface area contributed by atoms with Crippen molar-refractivity contribution in [2.45, 2.75) is 25.7 Å². The maximum Gasteiger partial charge on any atom is 0.223 e. The summed E-state index contributed by atoms with van der Waals surface area (Å²) in [5.41, 5.74) is 1.29. The van der Waals surface area contributed by atoms with Gasteiger partial charge in [0, 0.05) is 40.7 Å². The minimum Gasteiger partial charge on any atom is -0.497 e. The van der Waals surface area contributed by atoms with Crippen LogP contribution < -0.4 is 15.4 Å². The van der Waals surface area contributed by atoms with Gasteiger partial charge in [-0.2, -0.15) is 0 Å². The van der Waals surface area contributed by atoms with E-state index in [4.69, 9.17) is 4.74 Å². The third-order valence-corrected chi connectivity index (χ3v) is 3.91. The van der Waals surface area contributed by atoms with Crippen molar-refractivity contribution in [3.63, 3.8) is 0 Å². The number of rotatable bonds is 8. The van der Waals surface area contributed by atoms with Gasteiger partial charge in [-0.25, -0.2) is 0 Å². The van der Waals surface area contributed by atoms with E-state index in [1.54, 1.807) is 33.2 Å². The molecule has 1 amide bonds. The summed E-state index contributed by atoms with van der Waals surface area (Å²) >= 11 is 0. The highest BCUT2D eigenvalue weighted by molar-refractivity contribution is 5.81. The Hall–Kier alpha value is -2.24. The number of hydrogen-bond acceptors (Lipinski definition) is 3. The van der Waals surface area contributed by atoms with E-state index >= 15 is 0 Å². The van der Waals surface area contributed by atoms with Crippen LogP contribution in [0.2, 0.25) is 0 Å². The van der Waals surface area contributed by atoms with Crippen LogP contribution in [0.5, 0.6) is 5.75 Å². The Morgan fingerprint density at radius 3 is 2.38 bits per heavy atom. The molecule has 24 heavy (non-hydrogen) atoms. The monoisotopic (exact) mass is 334 g/mol. The second kappa shape index (κ2) is 10.5. The molecule has 0 fully saturated rings. The van der Waals surface area contributed by atoms with Crippen LogP contribution in [-0.2, 0) is 4.79 Å². The second-order valence-corrected chi connectivity index (χ2v) is 5.93. The highest BCUT2D eigenvalue weighted by Gasteiger charge is 2.07. The first kappa shape index (κ1) is 19.8. The number of benzene rings is 1. The Labute approximate surface area is 145 Å². The van der Waals surface area contributed by atoms with Crippen molar-refractivity contribution in [3.8, 4) is 5.75 Å². The molecule has 2 N–H and O–H groups in total. The van der Waals surface area contributed by atoms with Crippen molar-refractivity contribution < 1.29 is 9.53 Å². The zero-order valence-corrected chi connectivity index (χ0v) is 15.4. The Morgan fingerprint density at radius 2 is 1.83 bits per heavy atom. The van der Waals surface area contributed by atoms with Gasteiger partial charge in [-0.1, -0.05) is 19.1 Å². The first-order valence-electron chi connectivity index (χ1n) is 8.26. The standard InChI is InChI=1S/C18H30N4O2/c1-14(15-6-8-16(24-5)9-7-15)10-12-20-18(19-2)21-13-11-17(23)22(3)4/h6-9,14H,10-13H2,1-5H3,(H2,19,20,21). The molecule has 1 rings (SSSR count). The lowest BCUT2D eigenvalue weighted by atomic mass is 9.98. The summed E-state index contributed by atoms with van der Waals surface area (Å²) in [6, 6.07) is 8.18. The van der Waals surface area contributed by atoms with Gasteiger partial charge in [-0.05, 0) is 30.0 Å². The smallest absolute Gasteiger partial charge is 0.223 e. The number of nitrogens with one attached hydrogen (secondary N) is 2. The summed E-state index contributed by atoms with van der Waals surface area (Å²) in [5.74, 6) is 2.15. The van der Waals surface area contributed by atoms with Crippen molar-refractivity contribution in [2.75, 3.05) is 41.3 Å². The Balaban J connectivity index is 2.31. The molecule has 0 bridgehead atoms. The van der Waals surface area contributed by atoms with Crippen molar-refractivity contribution in [2.24, 2.45) is 4.99 Å². The molecule has 0 saturated carbocycles. The largest absolute Gasteiger partial charge is 0.497 e. The quantitative estimate of drug-likeness (QED) is 0.562. The molecule has 0 aliphatic heterocycles. The number of aliphatic imine (C=N–C) groups is 1. The number of amides is 1. The summed E-state index contributed by atoms with van der Waals surface area (Å²) in [6.45, 7) is 3.59. The molecule has 0 radical (unpaired) electrons. The highest BCUT2D eigenvalue weighted by Crippen LogP contribution is 2.21. The van der Waals surface area contributed by atoms with E-state index in [1.165, 1.54) is 5.56 Å². The fraction of sp³-hybridized carbons (Fsp3) is 0.556. The van der Waals surface area contributed by atoms with Crippen molar-refractivity contribution in [3.05, 3.63) is 29.8 Å². The van der Waals surface area contributed by atoms with Gasteiger partial charge in [-0.3, -0.25) is 9.79 Å². The van der Waals surface area contributed by atoms with Crippen LogP contribution >= 0.6 is 0 Å². The molecule has 6 heteroatoms. The fourth-order valence-electron chi connectivity index (χ4n) is 2.24. The van der Waals surface area contributed by atoms with Gasteiger partial charge >= 0.3 is 0 Å². The molecular formula is C18H30N4O2. The van der Waals surface area contributed by atoms with E-state index < -0.39 is 0 Å². The SMILES string of the molecule is CN=C(NCCC(=O)N(C)C)NCCC(C)c1ccc(OC)cc1. The number of hydrogen-bond donors (Lipinski definition) is 2. The van der Waals surface area contributed by atoms with E-state index in [1.807, 2.05) is 12.1 Å². The minimum absolute atomic E-state index is 0.103. The summed E-state index contributed by atoms with van der Waals surface area (Å²) < 4.78 is 5.18. The molecule has 1 aromatic rings. The minimum atomic E-state index is 0.103. The van der Waals surface area contributed by atoms with Crippen LogP contribution in [0, 0.1) is 0 Å². The molecule has 0 aliphatic carbocycles. The van der Waals surface area contributed by atoms with Gasteiger partial charge in [0.15, 0.2) is 5.96 Å². The van der Waals surface area contributed by atoms with Crippen molar-refractivity contribution in [1.29, 1.82) is 0 Å². The molecule has 0 aliphatic rings. The van der Waals surface area contributed by atoms with Crippen LogP contribution in [0.25, 0.3) is 0 Å². The van der Waals surface area contributed by atoms with Crippen LogP contribution in [0.3, 0.4) is 0 Å². The molecule has 6 nitrogen and oxygen atoms in total. The average molecular weight is 334 g/mol. The van der Waals surface area contributed by atoms with E-state index in [0.29, 0.717) is 18.9 Å². The topological polar surface area (TPSA) is 66.0 Å². The van der Waals surface area contributed by atoms with E-state index in [-0.39, 0.29) is 5.91 Å². The maximum atomic E-state index is 11.5. The van der Waals surface area contributed by atoms with Gasteiger partial charge in [0.25, 0.3) is 0 Å². The van der Waals surface area contributed by atoms with Crippen LogP contribution in [0.4, 0.5) is 0 Å². The lowest BCUT2D eigenvalue weighted by Crippen LogP contribution is -2.39. The molecule has 1 unspecified atom stereocenters. The number of carbonyl (C=O) groups excluding carboxylic acids is 1. The Bertz CT molecular complexity index is 526. The van der Waals surface area contributed by atoms with Crippen LogP contribution in [0.1, 0.15) is 31.2 Å². The van der Waals surface area contributed by atoms with Gasteiger partial charge in [0.1, 0.15) is 5.75 Å². The number of methoxy groups -OCH3 is 1. The molecule has 0 saturated heterocycles. The summed E-state index contributed by atoms with van der Waals surface area (Å²) in [4.78, 5) is 17.3. The van der Waals surface area contributed by atoms with E-state index in [2.05, 4.69) is 34.7 Å². The maximum absolute atomic E-state index is 11.5. The normalized spacial score (nSPS) is 12.5. The number of guanidine groups is 1. The van der Waals surface area contributed by atoms with Gasteiger partial charge in [0.2, 0.25) is 5.91 Å². The third-order valence-electron chi connectivity index (χ3n) is 3.91. The first-order chi connectivity index (χ1) is 11.5. The number of nitrogens with zero attached hydrogens (tertiary/aromatic N) is 2. The predicted octanol–water partition coefficient (Wildman–Crippen LogP) is 1.83. The Morgan fingerprint density at radius 1 is 1.21 bits per heavy atom. The molecule has 1 aromatic carbocycles. The molecule has 0 aromatic heterocycles. The fourth-order valence-corrected chi connectivity index (χ4v) is 2.24. The lowest BCUT2D eigenvalue weighted by molar-refractivity contribution is -0.128. The molecule has 0 spiro atoms. The van der Waals surface area contributed by atoms with Gasteiger partial charge in [0.05, 0.1) is 7.11 Å². The molecule has 134 valence electrons. The molecular weight excluding hydrogens is 304 g/mol. The molecule has 1 atom stereocenters. The van der Waals surface area contributed by atoms with Crippen molar-refractivity contribution >= 4 is 11.9 Å². The lowest BCUT2D eigenvalue weighted by Gasteiger charge is -2.16.